The van der Waals surface area contributed by atoms with Crippen LogP contribution < -0.4 is 10.6 Å². The van der Waals surface area contributed by atoms with E-state index in [1.165, 1.54) is 12.1 Å². The second-order valence-electron chi connectivity index (χ2n) is 5.25. The first-order valence-corrected chi connectivity index (χ1v) is 7.10. The van der Waals surface area contributed by atoms with Crippen molar-refractivity contribution in [2.45, 2.75) is 25.4 Å². The highest BCUT2D eigenvalue weighted by Crippen LogP contribution is 2.26. The molecule has 1 aromatic carbocycles. The first kappa shape index (κ1) is 15.5. The van der Waals surface area contributed by atoms with E-state index in [9.17, 15) is 15.2 Å². The number of hydrogen-bond donors (Lipinski definition) is 3. The Morgan fingerprint density at radius 2 is 1.90 bits per heavy atom. The van der Waals surface area contributed by atoms with E-state index in [1.807, 2.05) is 6.92 Å². The molecule has 0 saturated carbocycles. The molecule has 0 aliphatic carbocycles. The van der Waals surface area contributed by atoms with E-state index in [2.05, 4.69) is 10.6 Å². The SMILES string of the molecule is CCNc1cc(NCC2(O)CCOCC2)cc([N+](=O)[O-])c1. The highest BCUT2D eigenvalue weighted by Gasteiger charge is 2.29. The molecule has 0 atom stereocenters. The molecule has 0 amide bonds. The van der Waals surface area contributed by atoms with Crippen molar-refractivity contribution >= 4 is 17.1 Å². The number of benzene rings is 1. The number of nitrogens with zero attached hydrogens (tertiary/aromatic N) is 1. The number of anilines is 2. The number of aliphatic hydroxyl groups is 1. The van der Waals surface area contributed by atoms with Crippen LogP contribution in [-0.2, 0) is 4.74 Å². The summed E-state index contributed by atoms with van der Waals surface area (Å²) in [5, 5.41) is 27.5. The zero-order chi connectivity index (χ0) is 15.3. The molecule has 7 nitrogen and oxygen atoms in total. The normalized spacial score (nSPS) is 17.2. The first-order chi connectivity index (χ1) is 10.0. The number of hydrogen-bond acceptors (Lipinski definition) is 6. The van der Waals surface area contributed by atoms with Gasteiger partial charge in [0, 0.05) is 62.7 Å². The molecule has 0 bridgehead atoms. The fourth-order valence-corrected chi connectivity index (χ4v) is 2.32. The highest BCUT2D eigenvalue weighted by atomic mass is 16.6. The van der Waals surface area contributed by atoms with Gasteiger partial charge in [-0.15, -0.1) is 0 Å². The molecule has 0 aromatic heterocycles. The van der Waals surface area contributed by atoms with E-state index in [0.29, 0.717) is 50.5 Å². The van der Waals surface area contributed by atoms with Gasteiger partial charge in [-0.3, -0.25) is 10.1 Å². The van der Waals surface area contributed by atoms with Crippen LogP contribution in [0.1, 0.15) is 19.8 Å². The molecule has 1 heterocycles. The summed E-state index contributed by atoms with van der Waals surface area (Å²) in [6.07, 6.45) is 1.13. The van der Waals surface area contributed by atoms with Gasteiger partial charge in [0.25, 0.3) is 5.69 Å². The molecule has 116 valence electrons. The smallest absolute Gasteiger partial charge is 0.273 e. The molecule has 1 aliphatic rings. The summed E-state index contributed by atoms with van der Waals surface area (Å²) in [5.41, 5.74) is 0.518. The molecular weight excluding hydrogens is 274 g/mol. The second kappa shape index (κ2) is 6.73. The summed E-state index contributed by atoms with van der Waals surface area (Å²) < 4.78 is 5.23. The molecule has 0 spiro atoms. The predicted octanol–water partition coefficient (Wildman–Crippen LogP) is 1.98. The Kier molecular flexibility index (Phi) is 4.98. The fraction of sp³-hybridized carbons (Fsp3) is 0.571. The zero-order valence-electron chi connectivity index (χ0n) is 12.1. The summed E-state index contributed by atoms with van der Waals surface area (Å²) in [4.78, 5) is 10.5. The van der Waals surface area contributed by atoms with Gasteiger partial charge in [-0.2, -0.15) is 0 Å². The average molecular weight is 295 g/mol. The molecule has 1 aromatic rings. The van der Waals surface area contributed by atoms with Gasteiger partial charge in [-0.1, -0.05) is 0 Å². The van der Waals surface area contributed by atoms with Crippen LogP contribution >= 0.6 is 0 Å². The van der Waals surface area contributed by atoms with Crippen molar-refractivity contribution in [3.63, 3.8) is 0 Å². The van der Waals surface area contributed by atoms with Crippen molar-refractivity contribution in [1.82, 2.24) is 0 Å². The van der Waals surface area contributed by atoms with Crippen molar-refractivity contribution in [3.8, 4) is 0 Å². The van der Waals surface area contributed by atoms with Gasteiger partial charge in [0.15, 0.2) is 0 Å². The van der Waals surface area contributed by atoms with E-state index in [4.69, 9.17) is 4.74 Å². The van der Waals surface area contributed by atoms with E-state index < -0.39 is 10.5 Å². The fourth-order valence-electron chi connectivity index (χ4n) is 2.32. The Balaban J connectivity index is 2.09. The molecule has 1 fully saturated rings. The molecule has 0 radical (unpaired) electrons. The summed E-state index contributed by atoms with van der Waals surface area (Å²) in [6.45, 7) is 4.03. The Bertz CT molecular complexity index is 501. The number of nitrogens with one attached hydrogen (secondary N) is 2. The monoisotopic (exact) mass is 295 g/mol. The molecule has 1 saturated heterocycles. The van der Waals surface area contributed by atoms with Gasteiger partial charge in [-0.05, 0) is 13.0 Å². The Labute approximate surface area is 123 Å². The van der Waals surface area contributed by atoms with Crippen LogP contribution in [0.2, 0.25) is 0 Å². The van der Waals surface area contributed by atoms with Crippen molar-refractivity contribution in [2.75, 3.05) is 36.9 Å². The number of non-ortho nitro benzene ring substituents is 1. The molecular formula is C14H21N3O4. The molecule has 21 heavy (non-hydrogen) atoms. The quantitative estimate of drug-likeness (QED) is 0.548. The average Bonchev–Trinajstić information content (AvgIpc) is 2.46. The van der Waals surface area contributed by atoms with Crippen LogP contribution in [0.5, 0.6) is 0 Å². The topological polar surface area (TPSA) is 96.7 Å². The largest absolute Gasteiger partial charge is 0.388 e. The number of ether oxygens (including phenoxy) is 1. The Hall–Kier alpha value is -1.86. The highest BCUT2D eigenvalue weighted by molar-refractivity contribution is 5.63. The predicted molar refractivity (Wildman–Crippen MR) is 80.8 cm³/mol. The Morgan fingerprint density at radius 3 is 2.48 bits per heavy atom. The number of nitro groups is 1. The minimum Gasteiger partial charge on any atom is -0.388 e. The van der Waals surface area contributed by atoms with Crippen LogP contribution in [0.25, 0.3) is 0 Å². The third-order valence-corrected chi connectivity index (χ3v) is 3.55. The lowest BCUT2D eigenvalue weighted by atomic mass is 9.94. The molecule has 1 aliphatic heterocycles. The summed E-state index contributed by atoms with van der Waals surface area (Å²) in [6, 6.07) is 4.78. The summed E-state index contributed by atoms with van der Waals surface area (Å²) >= 11 is 0. The van der Waals surface area contributed by atoms with Crippen LogP contribution in [0.3, 0.4) is 0 Å². The lowest BCUT2D eigenvalue weighted by Gasteiger charge is -2.32. The maximum atomic E-state index is 11.0. The maximum absolute atomic E-state index is 11.0. The van der Waals surface area contributed by atoms with Gasteiger partial charge in [-0.25, -0.2) is 0 Å². The molecule has 2 rings (SSSR count). The summed E-state index contributed by atoms with van der Waals surface area (Å²) in [7, 11) is 0. The van der Waals surface area contributed by atoms with Crippen molar-refractivity contribution in [1.29, 1.82) is 0 Å². The van der Waals surface area contributed by atoms with Crippen LogP contribution in [-0.4, -0.2) is 41.9 Å². The van der Waals surface area contributed by atoms with Gasteiger partial charge >= 0.3 is 0 Å². The van der Waals surface area contributed by atoms with Gasteiger partial charge in [0.2, 0.25) is 0 Å². The third kappa shape index (κ3) is 4.30. The lowest BCUT2D eigenvalue weighted by molar-refractivity contribution is -0.384. The Morgan fingerprint density at radius 1 is 1.29 bits per heavy atom. The van der Waals surface area contributed by atoms with Gasteiger partial charge in [0.05, 0.1) is 10.5 Å². The van der Waals surface area contributed by atoms with E-state index in [1.54, 1.807) is 6.07 Å². The van der Waals surface area contributed by atoms with Crippen molar-refractivity contribution < 1.29 is 14.8 Å². The minimum absolute atomic E-state index is 0.0231. The van der Waals surface area contributed by atoms with Crippen LogP contribution in [0.15, 0.2) is 18.2 Å². The standard InChI is InChI=1S/C14H21N3O4/c1-2-15-11-7-12(9-13(8-11)17(19)20)16-10-14(18)3-5-21-6-4-14/h7-9,15-16,18H,2-6,10H2,1H3. The van der Waals surface area contributed by atoms with Crippen molar-refractivity contribution in [2.24, 2.45) is 0 Å². The minimum atomic E-state index is -0.818. The second-order valence-corrected chi connectivity index (χ2v) is 5.25. The first-order valence-electron chi connectivity index (χ1n) is 7.10. The third-order valence-electron chi connectivity index (χ3n) is 3.55. The maximum Gasteiger partial charge on any atom is 0.273 e. The van der Waals surface area contributed by atoms with Crippen molar-refractivity contribution in [3.05, 3.63) is 28.3 Å². The summed E-state index contributed by atoms with van der Waals surface area (Å²) in [5.74, 6) is 0. The van der Waals surface area contributed by atoms with Crippen LogP contribution in [0.4, 0.5) is 17.1 Å². The number of nitro benzene ring substituents is 1. The number of rotatable bonds is 6. The van der Waals surface area contributed by atoms with E-state index >= 15 is 0 Å². The van der Waals surface area contributed by atoms with Crippen LogP contribution in [0, 0.1) is 10.1 Å². The lowest BCUT2D eigenvalue weighted by Crippen LogP contribution is -2.42. The van der Waals surface area contributed by atoms with Gasteiger partial charge < -0.3 is 20.5 Å². The molecule has 3 N–H and O–H groups in total. The zero-order valence-corrected chi connectivity index (χ0v) is 12.1. The van der Waals surface area contributed by atoms with E-state index in [0.717, 1.165) is 0 Å². The van der Waals surface area contributed by atoms with Gasteiger partial charge in [0.1, 0.15) is 0 Å². The van der Waals surface area contributed by atoms with E-state index in [-0.39, 0.29) is 5.69 Å². The molecule has 0 unspecified atom stereocenters. The molecule has 7 heteroatoms.